The van der Waals surface area contributed by atoms with E-state index in [0.717, 1.165) is 24.2 Å². The van der Waals surface area contributed by atoms with Crippen LogP contribution in [0, 0.1) is 0 Å². The van der Waals surface area contributed by atoms with Crippen molar-refractivity contribution in [2.45, 2.75) is 25.0 Å². The van der Waals surface area contributed by atoms with Gasteiger partial charge in [-0.1, -0.05) is 24.3 Å². The maximum atomic E-state index is 6.13. The average molecular weight is 254 g/mol. The Hall–Kier alpha value is -2.00. The lowest BCUT2D eigenvalue weighted by Gasteiger charge is -2.14. The van der Waals surface area contributed by atoms with E-state index in [4.69, 9.17) is 16.2 Å². The Labute approximate surface area is 113 Å². The highest BCUT2D eigenvalue weighted by Gasteiger charge is 2.27. The van der Waals surface area contributed by atoms with Gasteiger partial charge in [0.05, 0.1) is 12.2 Å². The second-order valence-electron chi connectivity index (χ2n) is 5.02. The molecule has 0 bridgehead atoms. The molecule has 0 amide bonds. The van der Waals surface area contributed by atoms with E-state index in [2.05, 4.69) is 0 Å². The maximum Gasteiger partial charge on any atom is 0.0834 e. The normalized spacial score (nSPS) is 22.5. The summed E-state index contributed by atoms with van der Waals surface area (Å²) in [4.78, 5) is 0. The Morgan fingerprint density at radius 2 is 1.05 bits per heavy atom. The molecule has 19 heavy (non-hydrogen) atoms. The van der Waals surface area contributed by atoms with Crippen molar-refractivity contribution >= 4 is 11.4 Å². The van der Waals surface area contributed by atoms with E-state index in [1.54, 1.807) is 0 Å². The van der Waals surface area contributed by atoms with Crippen molar-refractivity contribution in [2.24, 2.45) is 0 Å². The van der Waals surface area contributed by atoms with Gasteiger partial charge in [0.2, 0.25) is 0 Å². The Balaban J connectivity index is 1.73. The van der Waals surface area contributed by atoms with Crippen LogP contribution in [0.5, 0.6) is 0 Å². The molecule has 2 aromatic carbocycles. The molecule has 4 N–H and O–H groups in total. The number of hydrogen-bond acceptors (Lipinski definition) is 3. The molecule has 0 spiro atoms. The smallest absolute Gasteiger partial charge is 0.0834 e. The van der Waals surface area contributed by atoms with Gasteiger partial charge in [0.15, 0.2) is 0 Å². The molecule has 1 aliphatic heterocycles. The molecule has 3 nitrogen and oxygen atoms in total. The standard InChI is InChI=1S/C16H18N2O/c17-13-5-1-11(2-6-13)15-9-10-16(19-15)12-3-7-14(18)8-4-12/h1-8,15-16H,9-10,17-18H2/t15-,16-/m1/s1. The van der Waals surface area contributed by atoms with E-state index in [1.807, 2.05) is 48.5 Å². The number of benzene rings is 2. The number of anilines is 2. The van der Waals surface area contributed by atoms with E-state index < -0.39 is 0 Å². The first-order valence-corrected chi connectivity index (χ1v) is 6.59. The molecule has 0 unspecified atom stereocenters. The second kappa shape index (κ2) is 4.94. The molecule has 2 aromatic rings. The van der Waals surface area contributed by atoms with Crippen LogP contribution in [0.15, 0.2) is 48.5 Å². The number of nitrogen functional groups attached to an aromatic ring is 2. The summed E-state index contributed by atoms with van der Waals surface area (Å²) in [6, 6.07) is 15.9. The van der Waals surface area contributed by atoms with E-state index in [9.17, 15) is 0 Å². The fourth-order valence-electron chi connectivity index (χ4n) is 2.55. The summed E-state index contributed by atoms with van der Waals surface area (Å²) in [7, 11) is 0. The van der Waals surface area contributed by atoms with Crippen molar-refractivity contribution in [3.8, 4) is 0 Å². The van der Waals surface area contributed by atoms with Gasteiger partial charge in [0.1, 0.15) is 0 Å². The zero-order chi connectivity index (χ0) is 13.2. The Bertz CT molecular complexity index is 496. The van der Waals surface area contributed by atoms with E-state index in [0.29, 0.717) is 0 Å². The lowest BCUT2D eigenvalue weighted by atomic mass is 10.0. The molecule has 2 atom stereocenters. The largest absolute Gasteiger partial charge is 0.399 e. The zero-order valence-corrected chi connectivity index (χ0v) is 10.8. The van der Waals surface area contributed by atoms with Crippen molar-refractivity contribution in [3.63, 3.8) is 0 Å². The lowest BCUT2D eigenvalue weighted by Crippen LogP contribution is -2.00. The number of ether oxygens (including phenoxy) is 1. The summed E-state index contributed by atoms with van der Waals surface area (Å²) >= 11 is 0. The monoisotopic (exact) mass is 254 g/mol. The molecule has 1 aliphatic rings. The van der Waals surface area contributed by atoms with E-state index in [1.165, 1.54) is 11.1 Å². The lowest BCUT2D eigenvalue weighted by molar-refractivity contribution is 0.0441. The third-order valence-corrected chi connectivity index (χ3v) is 3.64. The molecule has 3 heteroatoms. The van der Waals surface area contributed by atoms with Gasteiger partial charge in [-0.2, -0.15) is 0 Å². The Morgan fingerprint density at radius 1 is 0.684 bits per heavy atom. The van der Waals surface area contributed by atoms with Gasteiger partial charge < -0.3 is 16.2 Å². The molecule has 0 aliphatic carbocycles. The summed E-state index contributed by atoms with van der Waals surface area (Å²) in [6.07, 6.45) is 2.42. The van der Waals surface area contributed by atoms with Gasteiger partial charge in [0, 0.05) is 11.4 Å². The molecule has 1 heterocycles. The van der Waals surface area contributed by atoms with E-state index >= 15 is 0 Å². The SMILES string of the molecule is Nc1ccc([C@H]2CC[C@H](c3ccc(N)cc3)O2)cc1. The first kappa shape index (κ1) is 12.1. The highest BCUT2D eigenvalue weighted by molar-refractivity contribution is 5.41. The minimum absolute atomic E-state index is 0.170. The van der Waals surface area contributed by atoms with Crippen LogP contribution in [-0.2, 0) is 4.74 Å². The van der Waals surface area contributed by atoms with Crippen LogP contribution in [0.1, 0.15) is 36.2 Å². The van der Waals surface area contributed by atoms with Crippen molar-refractivity contribution in [2.75, 3.05) is 11.5 Å². The minimum Gasteiger partial charge on any atom is -0.399 e. The third kappa shape index (κ3) is 2.56. The Kier molecular flexibility index (Phi) is 3.13. The van der Waals surface area contributed by atoms with Crippen molar-refractivity contribution in [1.82, 2.24) is 0 Å². The molecular formula is C16H18N2O. The topological polar surface area (TPSA) is 61.3 Å². The fraction of sp³-hybridized carbons (Fsp3) is 0.250. The van der Waals surface area contributed by atoms with Crippen molar-refractivity contribution in [3.05, 3.63) is 59.7 Å². The number of hydrogen-bond donors (Lipinski definition) is 2. The van der Waals surface area contributed by atoms with Crippen LogP contribution in [0.4, 0.5) is 11.4 Å². The second-order valence-corrected chi connectivity index (χ2v) is 5.02. The highest BCUT2D eigenvalue weighted by atomic mass is 16.5. The Morgan fingerprint density at radius 3 is 1.42 bits per heavy atom. The minimum atomic E-state index is 0.170. The van der Waals surface area contributed by atoms with Crippen LogP contribution < -0.4 is 11.5 Å². The van der Waals surface area contributed by atoms with Crippen LogP contribution in [0.2, 0.25) is 0 Å². The molecule has 98 valence electrons. The molecule has 0 saturated carbocycles. The van der Waals surface area contributed by atoms with Crippen LogP contribution in [-0.4, -0.2) is 0 Å². The number of nitrogens with two attached hydrogens (primary N) is 2. The van der Waals surface area contributed by atoms with Crippen molar-refractivity contribution in [1.29, 1.82) is 0 Å². The fourth-order valence-corrected chi connectivity index (χ4v) is 2.55. The van der Waals surface area contributed by atoms with Crippen LogP contribution in [0.25, 0.3) is 0 Å². The van der Waals surface area contributed by atoms with Crippen LogP contribution >= 0.6 is 0 Å². The molecule has 1 fully saturated rings. The molecular weight excluding hydrogens is 236 g/mol. The zero-order valence-electron chi connectivity index (χ0n) is 10.8. The van der Waals surface area contributed by atoms with Gasteiger partial charge >= 0.3 is 0 Å². The van der Waals surface area contributed by atoms with Gasteiger partial charge in [-0.15, -0.1) is 0 Å². The summed E-state index contributed by atoms with van der Waals surface area (Å²) in [5.74, 6) is 0. The quantitative estimate of drug-likeness (QED) is 0.807. The van der Waals surface area contributed by atoms with Gasteiger partial charge in [0.25, 0.3) is 0 Å². The predicted octanol–water partition coefficient (Wildman–Crippen LogP) is 3.44. The van der Waals surface area contributed by atoms with Gasteiger partial charge in [-0.05, 0) is 48.2 Å². The van der Waals surface area contributed by atoms with Crippen LogP contribution in [0.3, 0.4) is 0 Å². The first-order chi connectivity index (χ1) is 9.22. The molecule has 0 radical (unpaired) electrons. The summed E-state index contributed by atoms with van der Waals surface area (Å²) < 4.78 is 6.13. The summed E-state index contributed by atoms with van der Waals surface area (Å²) in [6.45, 7) is 0. The summed E-state index contributed by atoms with van der Waals surface area (Å²) in [5.41, 5.74) is 15.4. The summed E-state index contributed by atoms with van der Waals surface area (Å²) in [5, 5.41) is 0. The molecule has 1 saturated heterocycles. The molecule has 3 rings (SSSR count). The number of rotatable bonds is 2. The van der Waals surface area contributed by atoms with Crippen molar-refractivity contribution < 1.29 is 4.74 Å². The first-order valence-electron chi connectivity index (χ1n) is 6.59. The molecule has 0 aromatic heterocycles. The maximum absolute atomic E-state index is 6.13. The van der Waals surface area contributed by atoms with Gasteiger partial charge in [-0.3, -0.25) is 0 Å². The highest BCUT2D eigenvalue weighted by Crippen LogP contribution is 2.40. The van der Waals surface area contributed by atoms with E-state index in [-0.39, 0.29) is 12.2 Å². The predicted molar refractivity (Wildman–Crippen MR) is 77.5 cm³/mol. The van der Waals surface area contributed by atoms with Gasteiger partial charge in [-0.25, -0.2) is 0 Å². The average Bonchev–Trinajstić information content (AvgIpc) is 2.90. The third-order valence-electron chi connectivity index (χ3n) is 3.64.